The molecule has 5 heteroatoms. The first-order valence-corrected chi connectivity index (χ1v) is 5.57. The maximum atomic E-state index is 13.8. The van der Waals surface area contributed by atoms with Crippen LogP contribution >= 0.6 is 0 Å². The summed E-state index contributed by atoms with van der Waals surface area (Å²) in [6, 6.07) is 3.70. The standard InChI is InChI=1S/C13H13F2N3/c1-7(2)10-12(17-6-18-13(10)16)11-8(14)4-3-5-9(11)15/h3-7H,1-2H3,(H2,16,17,18). The number of nitrogen functional groups attached to an aromatic ring is 1. The molecule has 1 aromatic carbocycles. The number of anilines is 1. The summed E-state index contributed by atoms with van der Waals surface area (Å²) in [7, 11) is 0. The molecule has 94 valence electrons. The Kier molecular flexibility index (Phi) is 3.23. The molecule has 0 atom stereocenters. The van der Waals surface area contributed by atoms with Gasteiger partial charge in [0.15, 0.2) is 0 Å². The summed E-state index contributed by atoms with van der Waals surface area (Å²) < 4.78 is 27.5. The van der Waals surface area contributed by atoms with Gasteiger partial charge in [-0.05, 0) is 18.1 Å². The van der Waals surface area contributed by atoms with Gasteiger partial charge in [0, 0.05) is 5.56 Å². The predicted octanol–water partition coefficient (Wildman–Crippen LogP) is 3.13. The van der Waals surface area contributed by atoms with Crippen LogP contribution in [0.5, 0.6) is 0 Å². The molecule has 0 fully saturated rings. The Morgan fingerprint density at radius 3 is 2.28 bits per heavy atom. The topological polar surface area (TPSA) is 51.8 Å². The van der Waals surface area contributed by atoms with E-state index in [1.807, 2.05) is 13.8 Å². The summed E-state index contributed by atoms with van der Waals surface area (Å²) in [4.78, 5) is 7.85. The number of hydrogen-bond donors (Lipinski definition) is 1. The van der Waals surface area contributed by atoms with Crippen molar-refractivity contribution in [2.75, 3.05) is 5.73 Å². The molecule has 18 heavy (non-hydrogen) atoms. The van der Waals surface area contributed by atoms with Crippen LogP contribution in [0.4, 0.5) is 14.6 Å². The molecule has 2 rings (SSSR count). The van der Waals surface area contributed by atoms with Crippen LogP contribution in [-0.2, 0) is 0 Å². The van der Waals surface area contributed by atoms with Crippen LogP contribution in [0.3, 0.4) is 0 Å². The Morgan fingerprint density at radius 2 is 1.72 bits per heavy atom. The molecule has 1 heterocycles. The monoisotopic (exact) mass is 249 g/mol. The van der Waals surface area contributed by atoms with E-state index in [1.54, 1.807) is 0 Å². The lowest BCUT2D eigenvalue weighted by atomic mass is 9.97. The van der Waals surface area contributed by atoms with Gasteiger partial charge in [0.05, 0.1) is 11.3 Å². The Balaban J connectivity index is 2.76. The predicted molar refractivity (Wildman–Crippen MR) is 65.9 cm³/mol. The summed E-state index contributed by atoms with van der Waals surface area (Å²) in [6.45, 7) is 3.74. The van der Waals surface area contributed by atoms with Gasteiger partial charge in [-0.1, -0.05) is 19.9 Å². The van der Waals surface area contributed by atoms with Crippen molar-refractivity contribution in [3.63, 3.8) is 0 Å². The molecule has 0 bridgehead atoms. The van der Waals surface area contributed by atoms with Crippen LogP contribution in [0.15, 0.2) is 24.5 Å². The van der Waals surface area contributed by atoms with Crippen LogP contribution in [0.2, 0.25) is 0 Å². The highest BCUT2D eigenvalue weighted by Gasteiger charge is 2.20. The minimum atomic E-state index is -0.657. The van der Waals surface area contributed by atoms with Gasteiger partial charge in [-0.2, -0.15) is 0 Å². The second-order valence-electron chi connectivity index (χ2n) is 4.27. The molecule has 2 aromatic rings. The third-order valence-electron chi connectivity index (χ3n) is 2.69. The van der Waals surface area contributed by atoms with E-state index in [-0.39, 0.29) is 23.0 Å². The number of rotatable bonds is 2. The Morgan fingerprint density at radius 1 is 1.11 bits per heavy atom. The maximum absolute atomic E-state index is 13.8. The highest BCUT2D eigenvalue weighted by Crippen LogP contribution is 2.33. The summed E-state index contributed by atoms with van der Waals surface area (Å²) in [5, 5.41) is 0. The molecule has 0 amide bonds. The lowest BCUT2D eigenvalue weighted by Crippen LogP contribution is -2.06. The number of aromatic nitrogens is 2. The first-order chi connectivity index (χ1) is 8.52. The van der Waals surface area contributed by atoms with Crippen LogP contribution in [0.1, 0.15) is 25.3 Å². The third-order valence-corrected chi connectivity index (χ3v) is 2.69. The average Bonchev–Trinajstić information content (AvgIpc) is 2.28. The first-order valence-electron chi connectivity index (χ1n) is 5.57. The fourth-order valence-corrected chi connectivity index (χ4v) is 1.90. The number of halogens is 2. The molecule has 0 aliphatic heterocycles. The molecule has 1 aromatic heterocycles. The van der Waals surface area contributed by atoms with E-state index in [4.69, 9.17) is 5.73 Å². The molecule has 0 saturated carbocycles. The lowest BCUT2D eigenvalue weighted by Gasteiger charge is -2.14. The van der Waals surface area contributed by atoms with Gasteiger partial charge in [0.2, 0.25) is 0 Å². The smallest absolute Gasteiger partial charge is 0.135 e. The van der Waals surface area contributed by atoms with Crippen molar-refractivity contribution in [2.45, 2.75) is 19.8 Å². The summed E-state index contributed by atoms with van der Waals surface area (Å²) in [6.07, 6.45) is 1.21. The van der Waals surface area contributed by atoms with Gasteiger partial charge in [-0.25, -0.2) is 18.7 Å². The average molecular weight is 249 g/mol. The summed E-state index contributed by atoms with van der Waals surface area (Å²) in [5.41, 5.74) is 6.38. The van der Waals surface area contributed by atoms with Crippen LogP contribution in [0.25, 0.3) is 11.3 Å². The van der Waals surface area contributed by atoms with Crippen molar-refractivity contribution in [3.8, 4) is 11.3 Å². The zero-order chi connectivity index (χ0) is 13.3. The SMILES string of the molecule is CC(C)c1c(N)ncnc1-c1c(F)cccc1F. The number of hydrogen-bond acceptors (Lipinski definition) is 3. The molecular formula is C13H13F2N3. The van der Waals surface area contributed by atoms with Crippen LogP contribution in [-0.4, -0.2) is 9.97 Å². The van der Waals surface area contributed by atoms with Crippen molar-refractivity contribution in [3.05, 3.63) is 41.7 Å². The van der Waals surface area contributed by atoms with Crippen LogP contribution < -0.4 is 5.73 Å². The highest BCUT2D eigenvalue weighted by molar-refractivity contribution is 5.69. The highest BCUT2D eigenvalue weighted by atomic mass is 19.1. The zero-order valence-corrected chi connectivity index (χ0v) is 10.1. The fourth-order valence-electron chi connectivity index (χ4n) is 1.90. The second-order valence-corrected chi connectivity index (χ2v) is 4.27. The molecule has 0 radical (unpaired) electrons. The van der Waals surface area contributed by atoms with E-state index in [0.717, 1.165) is 0 Å². The van der Waals surface area contributed by atoms with E-state index in [9.17, 15) is 8.78 Å². The minimum absolute atomic E-state index is 0.0276. The number of nitrogens with two attached hydrogens (primary N) is 1. The Bertz CT molecular complexity index is 562. The largest absolute Gasteiger partial charge is 0.383 e. The van der Waals surface area contributed by atoms with Gasteiger partial charge >= 0.3 is 0 Å². The summed E-state index contributed by atoms with van der Waals surface area (Å²) >= 11 is 0. The Hall–Kier alpha value is -2.04. The van der Waals surface area contributed by atoms with Crippen molar-refractivity contribution >= 4 is 5.82 Å². The van der Waals surface area contributed by atoms with Crippen molar-refractivity contribution in [1.82, 2.24) is 9.97 Å². The van der Waals surface area contributed by atoms with Crippen molar-refractivity contribution in [1.29, 1.82) is 0 Å². The van der Waals surface area contributed by atoms with Gasteiger partial charge in [-0.15, -0.1) is 0 Å². The third kappa shape index (κ3) is 2.03. The van der Waals surface area contributed by atoms with Gasteiger partial charge in [-0.3, -0.25) is 0 Å². The van der Waals surface area contributed by atoms with E-state index in [2.05, 4.69) is 9.97 Å². The zero-order valence-electron chi connectivity index (χ0n) is 10.1. The molecule has 0 unspecified atom stereocenters. The summed E-state index contributed by atoms with van der Waals surface area (Å²) in [5.74, 6) is -1.09. The first kappa shape index (κ1) is 12.4. The van der Waals surface area contributed by atoms with Crippen molar-refractivity contribution < 1.29 is 8.78 Å². The van der Waals surface area contributed by atoms with Gasteiger partial charge in [0.1, 0.15) is 23.8 Å². The molecule has 0 spiro atoms. The van der Waals surface area contributed by atoms with E-state index in [1.165, 1.54) is 24.5 Å². The fraction of sp³-hybridized carbons (Fsp3) is 0.231. The second kappa shape index (κ2) is 4.68. The maximum Gasteiger partial charge on any atom is 0.135 e. The van der Waals surface area contributed by atoms with Crippen LogP contribution in [0, 0.1) is 11.6 Å². The Labute approximate surface area is 104 Å². The molecule has 3 nitrogen and oxygen atoms in total. The van der Waals surface area contributed by atoms with Gasteiger partial charge in [0.25, 0.3) is 0 Å². The molecular weight excluding hydrogens is 236 g/mol. The molecule has 2 N–H and O–H groups in total. The normalized spacial score (nSPS) is 10.9. The quantitative estimate of drug-likeness (QED) is 0.889. The lowest BCUT2D eigenvalue weighted by molar-refractivity contribution is 0.588. The molecule has 0 aliphatic carbocycles. The number of benzene rings is 1. The minimum Gasteiger partial charge on any atom is -0.383 e. The molecule has 0 aliphatic rings. The van der Waals surface area contributed by atoms with E-state index >= 15 is 0 Å². The number of nitrogens with zero attached hydrogens (tertiary/aromatic N) is 2. The van der Waals surface area contributed by atoms with Gasteiger partial charge < -0.3 is 5.73 Å². The van der Waals surface area contributed by atoms with E-state index < -0.39 is 11.6 Å². The molecule has 0 saturated heterocycles. The van der Waals surface area contributed by atoms with Crippen molar-refractivity contribution in [2.24, 2.45) is 0 Å². The van der Waals surface area contributed by atoms with E-state index in [0.29, 0.717) is 5.56 Å².